The molecule has 0 saturated carbocycles. The van der Waals surface area contributed by atoms with Gasteiger partial charge >= 0.3 is 0 Å². The Morgan fingerprint density at radius 2 is 2.33 bits per heavy atom. The molecular weight excluding hydrogens is 221 g/mol. The number of benzene rings is 1. The van der Waals surface area contributed by atoms with E-state index in [1.54, 1.807) is 6.07 Å². The fraction of sp³-hybridized carbons (Fsp3) is 0.200. The third kappa shape index (κ3) is 2.08. The van der Waals surface area contributed by atoms with Crippen molar-refractivity contribution in [1.29, 1.82) is 5.26 Å². The van der Waals surface area contributed by atoms with Gasteiger partial charge in [-0.1, -0.05) is 0 Å². The van der Waals surface area contributed by atoms with E-state index in [2.05, 4.69) is 0 Å². The molecule has 0 aliphatic rings. The molecule has 0 heterocycles. The molecule has 5 heteroatoms. The van der Waals surface area contributed by atoms with Gasteiger partial charge in [0.25, 0.3) is 0 Å². The third-order valence-corrected chi connectivity index (χ3v) is 2.09. The van der Waals surface area contributed by atoms with Crippen LogP contribution >= 0.6 is 11.6 Å². The standard InChI is InChI=1S/C10H7ClFNO2/c1-15-10-7(8(14)4-11)3-2-6(5-13)9(10)12/h2-3H,4H2,1H3. The van der Waals surface area contributed by atoms with E-state index in [4.69, 9.17) is 21.6 Å². The van der Waals surface area contributed by atoms with Crippen molar-refractivity contribution >= 4 is 17.4 Å². The number of hydrogen-bond acceptors (Lipinski definition) is 3. The Hall–Kier alpha value is -1.60. The maximum absolute atomic E-state index is 13.5. The van der Waals surface area contributed by atoms with Crippen LogP contribution in [-0.2, 0) is 0 Å². The van der Waals surface area contributed by atoms with E-state index in [1.165, 1.54) is 19.2 Å². The largest absolute Gasteiger partial charge is 0.493 e. The molecular formula is C10H7ClFNO2. The average molecular weight is 228 g/mol. The molecule has 1 rings (SSSR count). The van der Waals surface area contributed by atoms with Crippen molar-refractivity contribution in [2.75, 3.05) is 13.0 Å². The number of ketones is 1. The Kier molecular flexibility index (Phi) is 3.64. The lowest BCUT2D eigenvalue weighted by Gasteiger charge is -2.07. The molecule has 0 N–H and O–H groups in total. The average Bonchev–Trinajstić information content (AvgIpc) is 2.27. The summed E-state index contributed by atoms with van der Waals surface area (Å²) in [7, 11) is 1.23. The first-order chi connectivity index (χ1) is 7.15. The van der Waals surface area contributed by atoms with E-state index in [-0.39, 0.29) is 22.8 Å². The maximum atomic E-state index is 13.5. The zero-order chi connectivity index (χ0) is 11.4. The molecule has 0 saturated heterocycles. The van der Waals surface area contributed by atoms with Gasteiger partial charge in [-0.3, -0.25) is 4.79 Å². The van der Waals surface area contributed by atoms with Crippen molar-refractivity contribution in [2.24, 2.45) is 0 Å². The second-order valence-electron chi connectivity index (χ2n) is 2.68. The predicted molar refractivity (Wildman–Crippen MR) is 52.7 cm³/mol. The molecule has 78 valence electrons. The highest BCUT2D eigenvalue weighted by molar-refractivity contribution is 6.30. The summed E-state index contributed by atoms with van der Waals surface area (Å²) in [5.74, 6) is -1.78. The molecule has 1 aromatic rings. The van der Waals surface area contributed by atoms with Crippen molar-refractivity contribution in [3.8, 4) is 11.8 Å². The van der Waals surface area contributed by atoms with Crippen molar-refractivity contribution < 1.29 is 13.9 Å². The van der Waals surface area contributed by atoms with Gasteiger partial charge in [-0.15, -0.1) is 11.6 Å². The van der Waals surface area contributed by atoms with Gasteiger partial charge in [0.15, 0.2) is 17.3 Å². The summed E-state index contributed by atoms with van der Waals surface area (Å²) in [5, 5.41) is 8.57. The molecule has 0 aromatic heterocycles. The number of carbonyl (C=O) groups is 1. The van der Waals surface area contributed by atoms with Crippen LogP contribution in [0.2, 0.25) is 0 Å². The molecule has 3 nitrogen and oxygen atoms in total. The molecule has 0 amide bonds. The lowest BCUT2D eigenvalue weighted by atomic mass is 10.1. The predicted octanol–water partition coefficient (Wildman–Crippen LogP) is 2.13. The number of carbonyl (C=O) groups excluding carboxylic acids is 1. The summed E-state index contributed by atoms with van der Waals surface area (Å²) >= 11 is 5.35. The van der Waals surface area contributed by atoms with Crippen LogP contribution in [0.1, 0.15) is 15.9 Å². The second kappa shape index (κ2) is 4.76. The van der Waals surface area contributed by atoms with Crippen molar-refractivity contribution in [2.45, 2.75) is 0 Å². The van der Waals surface area contributed by atoms with E-state index in [0.29, 0.717) is 0 Å². The van der Waals surface area contributed by atoms with Crippen molar-refractivity contribution in [3.05, 3.63) is 29.1 Å². The van der Waals surface area contributed by atoms with Crippen LogP contribution in [0.25, 0.3) is 0 Å². The minimum Gasteiger partial charge on any atom is -0.493 e. The molecule has 0 spiro atoms. The number of halogens is 2. The summed E-state index contributed by atoms with van der Waals surface area (Å²) < 4.78 is 18.2. The highest BCUT2D eigenvalue weighted by atomic mass is 35.5. The highest BCUT2D eigenvalue weighted by Crippen LogP contribution is 2.25. The minimum absolute atomic E-state index is 0.0454. The minimum atomic E-state index is -0.837. The Morgan fingerprint density at radius 1 is 1.67 bits per heavy atom. The van der Waals surface area contributed by atoms with Gasteiger partial charge in [-0.2, -0.15) is 5.26 Å². The lowest BCUT2D eigenvalue weighted by molar-refractivity contribution is 0.101. The summed E-state index contributed by atoms with van der Waals surface area (Å²) in [4.78, 5) is 11.3. The normalized spacial score (nSPS) is 9.47. The molecule has 0 atom stereocenters. The SMILES string of the molecule is COc1c(C(=O)CCl)ccc(C#N)c1F. The Balaban J connectivity index is 3.39. The van der Waals surface area contributed by atoms with E-state index in [9.17, 15) is 9.18 Å². The summed E-state index contributed by atoms with van der Waals surface area (Å²) in [6.07, 6.45) is 0. The number of ether oxygens (including phenoxy) is 1. The smallest absolute Gasteiger partial charge is 0.183 e. The second-order valence-corrected chi connectivity index (χ2v) is 2.94. The molecule has 1 aromatic carbocycles. The molecule has 0 unspecified atom stereocenters. The maximum Gasteiger partial charge on any atom is 0.183 e. The van der Waals surface area contributed by atoms with Crippen LogP contribution < -0.4 is 4.74 Å². The number of alkyl halides is 1. The van der Waals surface area contributed by atoms with E-state index < -0.39 is 11.6 Å². The van der Waals surface area contributed by atoms with Crippen LogP contribution in [0.3, 0.4) is 0 Å². The molecule has 0 bridgehead atoms. The number of methoxy groups -OCH3 is 1. The molecule has 0 fully saturated rings. The molecule has 0 aliphatic carbocycles. The summed E-state index contributed by atoms with van der Waals surface area (Å²) in [6.45, 7) is 0. The van der Waals surface area contributed by atoms with E-state index in [1.807, 2.05) is 0 Å². The van der Waals surface area contributed by atoms with Crippen LogP contribution in [0, 0.1) is 17.1 Å². The van der Waals surface area contributed by atoms with Gasteiger partial charge in [-0.05, 0) is 12.1 Å². The van der Waals surface area contributed by atoms with Gasteiger partial charge < -0.3 is 4.74 Å². The lowest BCUT2D eigenvalue weighted by Crippen LogP contribution is -2.06. The van der Waals surface area contributed by atoms with Crippen molar-refractivity contribution in [1.82, 2.24) is 0 Å². The van der Waals surface area contributed by atoms with Gasteiger partial charge in [0.1, 0.15) is 6.07 Å². The number of nitriles is 1. The van der Waals surface area contributed by atoms with Crippen LogP contribution in [0.5, 0.6) is 5.75 Å². The molecule has 0 radical (unpaired) electrons. The van der Waals surface area contributed by atoms with Gasteiger partial charge in [0.05, 0.1) is 24.1 Å². The Bertz CT molecular complexity index is 440. The number of nitrogens with zero attached hydrogens (tertiary/aromatic N) is 1. The monoisotopic (exact) mass is 227 g/mol. The fourth-order valence-corrected chi connectivity index (χ4v) is 1.28. The number of hydrogen-bond donors (Lipinski definition) is 0. The number of Topliss-reactive ketones (excluding diaryl/α,β-unsaturated/α-hetero) is 1. The summed E-state index contributed by atoms with van der Waals surface area (Å²) in [5.41, 5.74) is -0.123. The van der Waals surface area contributed by atoms with Gasteiger partial charge in [0.2, 0.25) is 0 Å². The van der Waals surface area contributed by atoms with Crippen LogP contribution in [0.15, 0.2) is 12.1 Å². The zero-order valence-electron chi connectivity index (χ0n) is 7.88. The van der Waals surface area contributed by atoms with Gasteiger partial charge in [0, 0.05) is 0 Å². The van der Waals surface area contributed by atoms with Gasteiger partial charge in [-0.25, -0.2) is 4.39 Å². The first-order valence-corrected chi connectivity index (χ1v) is 4.55. The Morgan fingerprint density at radius 3 is 2.80 bits per heavy atom. The first kappa shape index (κ1) is 11.5. The third-order valence-electron chi connectivity index (χ3n) is 1.84. The van der Waals surface area contributed by atoms with Crippen molar-refractivity contribution in [3.63, 3.8) is 0 Å². The molecule has 0 aliphatic heterocycles. The topological polar surface area (TPSA) is 50.1 Å². The summed E-state index contributed by atoms with van der Waals surface area (Å²) in [6, 6.07) is 4.20. The first-order valence-electron chi connectivity index (χ1n) is 4.01. The quantitative estimate of drug-likeness (QED) is 0.587. The van der Waals surface area contributed by atoms with E-state index in [0.717, 1.165) is 0 Å². The zero-order valence-corrected chi connectivity index (χ0v) is 8.64. The molecule has 15 heavy (non-hydrogen) atoms. The number of rotatable bonds is 3. The highest BCUT2D eigenvalue weighted by Gasteiger charge is 2.18. The Labute approximate surface area is 91.0 Å². The van der Waals surface area contributed by atoms with Crippen LogP contribution in [-0.4, -0.2) is 18.8 Å². The fourth-order valence-electron chi connectivity index (χ4n) is 1.13. The van der Waals surface area contributed by atoms with E-state index >= 15 is 0 Å². The van der Waals surface area contributed by atoms with Crippen LogP contribution in [0.4, 0.5) is 4.39 Å².